The molecular weight excluding hydrogens is 258 g/mol. The minimum atomic E-state index is 0.477. The molecule has 1 aliphatic heterocycles. The number of aromatic nitrogens is 1. The molecule has 0 aliphatic carbocycles. The molecule has 1 aliphatic rings. The van der Waals surface area contributed by atoms with Crippen LogP contribution in [-0.2, 0) is 6.54 Å². The lowest BCUT2D eigenvalue weighted by molar-refractivity contribution is 0.325. The molecule has 0 unspecified atom stereocenters. The third-order valence-corrected chi connectivity index (χ3v) is 4.36. The van der Waals surface area contributed by atoms with Crippen LogP contribution in [0.25, 0.3) is 0 Å². The van der Waals surface area contributed by atoms with Crippen LogP contribution in [0.2, 0.25) is 0 Å². The van der Waals surface area contributed by atoms with Crippen LogP contribution >= 0.6 is 0 Å². The Hall–Kier alpha value is -1.09. The van der Waals surface area contributed by atoms with Crippen molar-refractivity contribution in [2.45, 2.75) is 53.5 Å². The van der Waals surface area contributed by atoms with Gasteiger partial charge in [-0.25, -0.2) is 4.98 Å². The summed E-state index contributed by atoms with van der Waals surface area (Å²) in [6, 6.07) is 4.38. The van der Waals surface area contributed by atoms with Gasteiger partial charge in [-0.15, -0.1) is 0 Å². The van der Waals surface area contributed by atoms with E-state index < -0.39 is 0 Å². The van der Waals surface area contributed by atoms with E-state index in [1.165, 1.54) is 24.8 Å². The second kappa shape index (κ2) is 7.26. The van der Waals surface area contributed by atoms with Crippen molar-refractivity contribution in [3.8, 4) is 0 Å². The zero-order valence-electron chi connectivity index (χ0n) is 14.2. The number of rotatable bonds is 5. The van der Waals surface area contributed by atoms with Crippen molar-refractivity contribution >= 4 is 5.82 Å². The molecule has 0 amide bonds. The largest absolute Gasteiger partial charge is 0.357 e. The molecule has 2 heterocycles. The molecule has 0 spiro atoms. The molecule has 3 nitrogen and oxygen atoms in total. The Balaban J connectivity index is 1.96. The van der Waals surface area contributed by atoms with Crippen molar-refractivity contribution in [1.82, 2.24) is 10.3 Å². The highest BCUT2D eigenvalue weighted by atomic mass is 15.2. The van der Waals surface area contributed by atoms with E-state index in [-0.39, 0.29) is 0 Å². The van der Waals surface area contributed by atoms with E-state index in [4.69, 9.17) is 0 Å². The predicted molar refractivity (Wildman–Crippen MR) is 90.6 cm³/mol. The molecule has 0 saturated carbocycles. The quantitative estimate of drug-likeness (QED) is 0.892. The van der Waals surface area contributed by atoms with Crippen LogP contribution in [0.1, 0.15) is 52.5 Å². The Labute approximate surface area is 130 Å². The van der Waals surface area contributed by atoms with E-state index in [0.29, 0.717) is 11.3 Å². The zero-order chi connectivity index (χ0) is 15.3. The van der Waals surface area contributed by atoms with Gasteiger partial charge in [0.25, 0.3) is 0 Å². The van der Waals surface area contributed by atoms with Gasteiger partial charge in [-0.05, 0) is 54.8 Å². The molecule has 1 saturated heterocycles. The number of nitrogens with one attached hydrogen (secondary N) is 1. The van der Waals surface area contributed by atoms with Gasteiger partial charge in [0.15, 0.2) is 0 Å². The predicted octanol–water partition coefficient (Wildman–Crippen LogP) is 3.84. The molecule has 1 aromatic heterocycles. The number of pyridine rings is 1. The standard InChI is InChI=1S/C18H31N3/c1-15(2)13-19-14-16-6-9-20-17(12-16)21-10-5-7-18(3,4)8-11-21/h6,9,12,15,19H,5,7-8,10-11,13-14H2,1-4H3. The molecule has 1 aromatic rings. The molecule has 3 heteroatoms. The maximum atomic E-state index is 4.59. The van der Waals surface area contributed by atoms with E-state index in [9.17, 15) is 0 Å². The SMILES string of the molecule is CC(C)CNCc1ccnc(N2CCCC(C)(C)CC2)c1. The second-order valence-corrected chi connectivity index (χ2v) is 7.55. The lowest BCUT2D eigenvalue weighted by Gasteiger charge is -2.24. The molecule has 0 aromatic carbocycles. The van der Waals surface area contributed by atoms with Gasteiger partial charge in [-0.3, -0.25) is 0 Å². The summed E-state index contributed by atoms with van der Waals surface area (Å²) in [5.74, 6) is 1.84. The van der Waals surface area contributed by atoms with Gasteiger partial charge < -0.3 is 10.2 Å². The fourth-order valence-electron chi connectivity index (χ4n) is 2.90. The molecule has 21 heavy (non-hydrogen) atoms. The Morgan fingerprint density at radius 1 is 1.29 bits per heavy atom. The summed E-state index contributed by atoms with van der Waals surface area (Å²) in [6.45, 7) is 13.5. The van der Waals surface area contributed by atoms with Crippen molar-refractivity contribution in [2.24, 2.45) is 11.3 Å². The summed E-state index contributed by atoms with van der Waals surface area (Å²) in [5, 5.41) is 3.51. The number of anilines is 1. The van der Waals surface area contributed by atoms with E-state index in [2.05, 4.69) is 55.0 Å². The topological polar surface area (TPSA) is 28.2 Å². The van der Waals surface area contributed by atoms with Crippen LogP contribution in [0.3, 0.4) is 0 Å². The Morgan fingerprint density at radius 2 is 2.10 bits per heavy atom. The van der Waals surface area contributed by atoms with Crippen LogP contribution in [0.4, 0.5) is 5.82 Å². The number of nitrogens with zero attached hydrogens (tertiary/aromatic N) is 2. The molecule has 1 N–H and O–H groups in total. The third-order valence-electron chi connectivity index (χ3n) is 4.36. The summed E-state index contributed by atoms with van der Waals surface area (Å²) in [6.07, 6.45) is 5.80. The van der Waals surface area contributed by atoms with Crippen molar-refractivity contribution in [3.63, 3.8) is 0 Å². The van der Waals surface area contributed by atoms with E-state index in [1.54, 1.807) is 0 Å². The van der Waals surface area contributed by atoms with Crippen molar-refractivity contribution in [1.29, 1.82) is 0 Å². The maximum Gasteiger partial charge on any atom is 0.128 e. The first kappa shape index (κ1) is 16.3. The van der Waals surface area contributed by atoms with Crippen molar-refractivity contribution in [2.75, 3.05) is 24.5 Å². The fourth-order valence-corrected chi connectivity index (χ4v) is 2.90. The van der Waals surface area contributed by atoms with Gasteiger partial charge in [-0.2, -0.15) is 0 Å². The molecule has 0 atom stereocenters. The normalized spacial score (nSPS) is 18.8. The maximum absolute atomic E-state index is 4.59. The van der Waals surface area contributed by atoms with Crippen LogP contribution < -0.4 is 10.2 Å². The van der Waals surface area contributed by atoms with E-state index >= 15 is 0 Å². The zero-order valence-corrected chi connectivity index (χ0v) is 14.2. The first-order valence-corrected chi connectivity index (χ1v) is 8.37. The van der Waals surface area contributed by atoms with E-state index in [1.807, 2.05) is 6.20 Å². The molecule has 2 rings (SSSR count). The van der Waals surface area contributed by atoms with Gasteiger partial charge in [-0.1, -0.05) is 27.7 Å². The minimum Gasteiger partial charge on any atom is -0.357 e. The summed E-state index contributed by atoms with van der Waals surface area (Å²) in [4.78, 5) is 7.05. The van der Waals surface area contributed by atoms with Gasteiger partial charge in [0.2, 0.25) is 0 Å². The number of hydrogen-bond acceptors (Lipinski definition) is 3. The molecule has 118 valence electrons. The fraction of sp³-hybridized carbons (Fsp3) is 0.722. The summed E-state index contributed by atoms with van der Waals surface area (Å²) >= 11 is 0. The average Bonchev–Trinajstić information content (AvgIpc) is 2.60. The lowest BCUT2D eigenvalue weighted by Crippen LogP contribution is -2.26. The van der Waals surface area contributed by atoms with Crippen molar-refractivity contribution < 1.29 is 0 Å². The van der Waals surface area contributed by atoms with Crippen LogP contribution in [0.15, 0.2) is 18.3 Å². The first-order valence-electron chi connectivity index (χ1n) is 8.37. The minimum absolute atomic E-state index is 0.477. The summed E-state index contributed by atoms with van der Waals surface area (Å²) in [7, 11) is 0. The van der Waals surface area contributed by atoms with Crippen LogP contribution in [-0.4, -0.2) is 24.6 Å². The highest BCUT2D eigenvalue weighted by Gasteiger charge is 2.23. The Bertz CT molecular complexity index is 440. The lowest BCUT2D eigenvalue weighted by atomic mass is 9.85. The smallest absolute Gasteiger partial charge is 0.128 e. The average molecular weight is 289 g/mol. The highest BCUT2D eigenvalue weighted by molar-refractivity contribution is 5.41. The summed E-state index contributed by atoms with van der Waals surface area (Å²) in [5.41, 5.74) is 1.81. The molecule has 0 radical (unpaired) electrons. The Kier molecular flexibility index (Phi) is 5.63. The van der Waals surface area contributed by atoms with Gasteiger partial charge in [0.1, 0.15) is 5.82 Å². The monoisotopic (exact) mass is 289 g/mol. The molecule has 1 fully saturated rings. The summed E-state index contributed by atoms with van der Waals surface area (Å²) < 4.78 is 0. The van der Waals surface area contributed by atoms with Crippen LogP contribution in [0.5, 0.6) is 0 Å². The Morgan fingerprint density at radius 3 is 2.86 bits per heavy atom. The van der Waals surface area contributed by atoms with Gasteiger partial charge >= 0.3 is 0 Å². The second-order valence-electron chi connectivity index (χ2n) is 7.55. The van der Waals surface area contributed by atoms with Gasteiger partial charge in [0, 0.05) is 25.8 Å². The van der Waals surface area contributed by atoms with Crippen LogP contribution in [0, 0.1) is 11.3 Å². The van der Waals surface area contributed by atoms with E-state index in [0.717, 1.165) is 32.0 Å². The number of hydrogen-bond donors (Lipinski definition) is 1. The van der Waals surface area contributed by atoms with Gasteiger partial charge in [0.05, 0.1) is 0 Å². The molecular formula is C18H31N3. The van der Waals surface area contributed by atoms with Crippen molar-refractivity contribution in [3.05, 3.63) is 23.9 Å². The molecule has 0 bridgehead atoms. The third kappa shape index (κ3) is 5.31. The first-order chi connectivity index (χ1) is 9.96. The highest BCUT2D eigenvalue weighted by Crippen LogP contribution is 2.31.